The fourth-order valence-electron chi connectivity index (χ4n) is 5.02. The van der Waals surface area contributed by atoms with Crippen molar-refractivity contribution in [1.29, 1.82) is 0 Å². The maximum absolute atomic E-state index is 13.5. The minimum absolute atomic E-state index is 0. The smallest absolute Gasteiger partial charge is 0.281 e. The monoisotopic (exact) mass is 496 g/mol. The van der Waals surface area contributed by atoms with Crippen LogP contribution in [0.5, 0.6) is 0 Å². The second kappa shape index (κ2) is 9.56. The molecular weight excluding hydrogens is 474 g/mol. The van der Waals surface area contributed by atoms with Gasteiger partial charge >= 0.3 is 0 Å². The normalized spacial score (nSPS) is 24.8. The van der Waals surface area contributed by atoms with Gasteiger partial charge in [-0.25, -0.2) is 9.40 Å². The molecule has 2 aromatic carbocycles. The van der Waals surface area contributed by atoms with E-state index < -0.39 is 0 Å². The van der Waals surface area contributed by atoms with Gasteiger partial charge in [-0.3, -0.25) is 15.2 Å². The number of benzene rings is 2. The van der Waals surface area contributed by atoms with Crippen LogP contribution in [-0.4, -0.2) is 29.7 Å². The molecule has 2 aliphatic heterocycles. The number of carbonyl (C=O) groups is 1. The lowest BCUT2D eigenvalue weighted by Crippen LogP contribution is -2.44. The first-order valence-corrected chi connectivity index (χ1v) is 11.4. The number of halogens is 4. The Bertz CT molecular complexity index is 1020. The van der Waals surface area contributed by atoms with Crippen molar-refractivity contribution in [2.24, 2.45) is 16.9 Å². The van der Waals surface area contributed by atoms with E-state index in [1.165, 1.54) is 31.4 Å². The van der Waals surface area contributed by atoms with Gasteiger partial charge in [0.05, 0.1) is 16.8 Å². The Labute approximate surface area is 202 Å². The number of amides is 1. The molecule has 170 valence electrons. The van der Waals surface area contributed by atoms with E-state index >= 15 is 0 Å². The average molecular weight is 498 g/mol. The van der Waals surface area contributed by atoms with E-state index in [0.29, 0.717) is 39.7 Å². The van der Waals surface area contributed by atoms with Crippen LogP contribution in [-0.2, 0) is 4.79 Å². The summed E-state index contributed by atoms with van der Waals surface area (Å²) in [6.45, 7) is 1.80. The zero-order valence-electron chi connectivity index (χ0n) is 17.3. The van der Waals surface area contributed by atoms with E-state index in [1.807, 2.05) is 5.01 Å². The zero-order valence-corrected chi connectivity index (χ0v) is 19.6. The minimum Gasteiger partial charge on any atom is -0.284 e. The molecule has 2 heterocycles. The summed E-state index contributed by atoms with van der Waals surface area (Å²) in [5, 5.41) is 9.36. The molecule has 1 amide bonds. The lowest BCUT2D eigenvalue weighted by molar-refractivity contribution is -0.119. The molecule has 1 saturated heterocycles. The Morgan fingerprint density at radius 2 is 1.75 bits per heavy atom. The molecule has 3 unspecified atom stereocenters. The molecule has 0 radical (unpaired) electrons. The quantitative estimate of drug-likeness (QED) is 0.596. The standard InChI is InChI=1S/C23H23Cl2FN4O.ClH/c24-17-6-9-21(19(25)10-17)30-22(14-4-7-18(26)8-5-14)11-20(27-30)23(31)28-29-12-15-2-1-3-16(15)13-29;/h4-10,15-16,22H,1-3,11-13H2,(H,28,31);1H. The number of hydrogen-bond donors (Lipinski definition) is 1. The van der Waals surface area contributed by atoms with Crippen molar-refractivity contribution in [3.05, 3.63) is 63.9 Å². The van der Waals surface area contributed by atoms with Crippen molar-refractivity contribution in [1.82, 2.24) is 10.4 Å². The molecule has 0 aromatic heterocycles. The molecule has 1 N–H and O–H groups in total. The van der Waals surface area contributed by atoms with E-state index in [0.717, 1.165) is 18.7 Å². The Morgan fingerprint density at radius 1 is 1.06 bits per heavy atom. The lowest BCUT2D eigenvalue weighted by Gasteiger charge is -2.25. The zero-order chi connectivity index (χ0) is 21.5. The summed E-state index contributed by atoms with van der Waals surface area (Å²) in [6.07, 6.45) is 4.18. The van der Waals surface area contributed by atoms with Gasteiger partial charge in [0, 0.05) is 24.5 Å². The number of hydrazone groups is 1. The van der Waals surface area contributed by atoms with Crippen LogP contribution in [0.1, 0.15) is 37.3 Å². The van der Waals surface area contributed by atoms with Gasteiger partial charge in [0.25, 0.3) is 5.91 Å². The molecule has 0 bridgehead atoms. The maximum atomic E-state index is 13.5. The van der Waals surface area contributed by atoms with Crippen molar-refractivity contribution < 1.29 is 9.18 Å². The number of rotatable bonds is 4. The Kier molecular flexibility index (Phi) is 6.96. The van der Waals surface area contributed by atoms with E-state index in [4.69, 9.17) is 23.2 Å². The van der Waals surface area contributed by atoms with Crippen LogP contribution in [0.2, 0.25) is 10.0 Å². The van der Waals surface area contributed by atoms with Gasteiger partial charge in [-0.15, -0.1) is 12.4 Å². The molecule has 3 aliphatic rings. The molecular formula is C23H24Cl3FN4O. The van der Waals surface area contributed by atoms with Gasteiger partial charge < -0.3 is 0 Å². The first-order chi connectivity index (χ1) is 15.0. The molecule has 9 heteroatoms. The van der Waals surface area contributed by atoms with Crippen molar-refractivity contribution >= 4 is 52.9 Å². The fraction of sp³-hybridized carbons (Fsp3) is 0.391. The van der Waals surface area contributed by atoms with Crippen molar-refractivity contribution in [3.8, 4) is 0 Å². The molecule has 1 saturated carbocycles. The molecule has 3 atom stereocenters. The minimum atomic E-state index is -0.309. The van der Waals surface area contributed by atoms with Gasteiger partial charge in [0.15, 0.2) is 0 Å². The van der Waals surface area contributed by atoms with Gasteiger partial charge in [0.1, 0.15) is 11.5 Å². The van der Waals surface area contributed by atoms with Crippen LogP contribution in [0.3, 0.4) is 0 Å². The summed E-state index contributed by atoms with van der Waals surface area (Å²) in [6, 6.07) is 11.2. The Balaban J connectivity index is 0.00000245. The molecule has 2 fully saturated rings. The van der Waals surface area contributed by atoms with Crippen LogP contribution in [0.25, 0.3) is 0 Å². The van der Waals surface area contributed by atoms with Gasteiger partial charge in [0.2, 0.25) is 0 Å². The third-order valence-electron chi connectivity index (χ3n) is 6.57. The SMILES string of the molecule is Cl.O=C(NN1CC2CCCC2C1)C1=NN(c2ccc(Cl)cc2Cl)C(c2ccc(F)cc2)C1. The van der Waals surface area contributed by atoms with E-state index in [1.54, 1.807) is 35.3 Å². The number of fused-ring (bicyclic) bond motifs is 1. The molecule has 5 nitrogen and oxygen atoms in total. The maximum Gasteiger partial charge on any atom is 0.281 e. The topological polar surface area (TPSA) is 47.9 Å². The third-order valence-corrected chi connectivity index (χ3v) is 7.11. The predicted octanol–water partition coefficient (Wildman–Crippen LogP) is 5.62. The average Bonchev–Trinajstić information content (AvgIpc) is 3.43. The molecule has 32 heavy (non-hydrogen) atoms. The van der Waals surface area contributed by atoms with Crippen LogP contribution < -0.4 is 10.4 Å². The lowest BCUT2D eigenvalue weighted by atomic mass is 10.0. The number of anilines is 1. The van der Waals surface area contributed by atoms with E-state index in [-0.39, 0.29) is 30.2 Å². The van der Waals surface area contributed by atoms with Gasteiger partial charge in [-0.1, -0.05) is 41.8 Å². The summed E-state index contributed by atoms with van der Waals surface area (Å²) in [5.74, 6) is 0.861. The molecule has 2 aromatic rings. The number of nitrogens with zero attached hydrogens (tertiary/aromatic N) is 3. The largest absolute Gasteiger partial charge is 0.284 e. The van der Waals surface area contributed by atoms with Crippen LogP contribution in [0, 0.1) is 17.7 Å². The second-order valence-corrected chi connectivity index (χ2v) is 9.40. The van der Waals surface area contributed by atoms with Crippen LogP contribution in [0.4, 0.5) is 10.1 Å². The van der Waals surface area contributed by atoms with Crippen molar-refractivity contribution in [2.75, 3.05) is 18.1 Å². The van der Waals surface area contributed by atoms with Crippen LogP contribution >= 0.6 is 35.6 Å². The number of nitrogens with one attached hydrogen (secondary N) is 1. The number of hydrazine groups is 1. The van der Waals surface area contributed by atoms with E-state index in [2.05, 4.69) is 10.5 Å². The van der Waals surface area contributed by atoms with E-state index in [9.17, 15) is 9.18 Å². The summed E-state index contributed by atoms with van der Waals surface area (Å²) in [5.41, 5.74) is 4.99. The highest BCUT2D eigenvalue weighted by Gasteiger charge is 2.38. The first kappa shape index (κ1) is 23.3. The third kappa shape index (κ3) is 4.60. The van der Waals surface area contributed by atoms with Gasteiger partial charge in [-0.2, -0.15) is 5.10 Å². The molecule has 5 rings (SSSR count). The predicted molar refractivity (Wildman–Crippen MR) is 128 cm³/mol. The number of hydrogen-bond acceptors (Lipinski definition) is 4. The summed E-state index contributed by atoms with van der Waals surface area (Å²) in [7, 11) is 0. The summed E-state index contributed by atoms with van der Waals surface area (Å²) in [4.78, 5) is 13.0. The highest BCUT2D eigenvalue weighted by molar-refractivity contribution is 6.40. The Morgan fingerprint density at radius 3 is 2.41 bits per heavy atom. The van der Waals surface area contributed by atoms with Crippen molar-refractivity contribution in [3.63, 3.8) is 0 Å². The second-order valence-electron chi connectivity index (χ2n) is 8.56. The summed E-state index contributed by atoms with van der Waals surface area (Å²) < 4.78 is 13.5. The molecule has 0 spiro atoms. The highest BCUT2D eigenvalue weighted by atomic mass is 35.5. The summed E-state index contributed by atoms with van der Waals surface area (Å²) >= 11 is 12.5. The Hall–Kier alpha value is -1.86. The van der Waals surface area contributed by atoms with Crippen LogP contribution in [0.15, 0.2) is 47.6 Å². The fourth-order valence-corrected chi connectivity index (χ4v) is 5.51. The first-order valence-electron chi connectivity index (χ1n) is 10.6. The highest BCUT2D eigenvalue weighted by Crippen LogP contribution is 2.40. The van der Waals surface area contributed by atoms with Crippen molar-refractivity contribution in [2.45, 2.75) is 31.7 Å². The van der Waals surface area contributed by atoms with Gasteiger partial charge in [-0.05, 0) is 60.6 Å². The molecule has 1 aliphatic carbocycles. The number of carbonyl (C=O) groups excluding carboxylic acids is 1.